The third-order valence-corrected chi connectivity index (χ3v) is 4.03. The average molecular weight is 247 g/mol. The number of nitrogens with one attached hydrogen (secondary N) is 1. The molecule has 0 aliphatic rings. The van der Waals surface area contributed by atoms with Crippen molar-refractivity contribution in [1.29, 1.82) is 0 Å². The number of hydrogen-bond donors (Lipinski definition) is 2. The molecule has 0 saturated carbocycles. The Kier molecular flexibility index (Phi) is 4.06. The van der Waals surface area contributed by atoms with Gasteiger partial charge in [-0.25, -0.2) is 13.1 Å². The number of hydrogen-bond acceptors (Lipinski definition) is 4. The van der Waals surface area contributed by atoms with Crippen molar-refractivity contribution in [2.24, 2.45) is 0 Å². The van der Waals surface area contributed by atoms with Gasteiger partial charge in [0.2, 0.25) is 10.0 Å². The predicted molar refractivity (Wildman–Crippen MR) is 59.6 cm³/mol. The predicted octanol–water partition coefficient (Wildman–Crippen LogP) is -0.210. The Labute approximate surface area is 95.3 Å². The van der Waals surface area contributed by atoms with Gasteiger partial charge in [-0.2, -0.15) is 5.10 Å². The van der Waals surface area contributed by atoms with Crippen LogP contribution >= 0.6 is 0 Å². The summed E-state index contributed by atoms with van der Waals surface area (Å²) in [5, 5.41) is 12.9. The van der Waals surface area contributed by atoms with Crippen molar-refractivity contribution in [3.8, 4) is 0 Å². The summed E-state index contributed by atoms with van der Waals surface area (Å²) < 4.78 is 27.7. The molecule has 1 heterocycles. The summed E-state index contributed by atoms with van der Waals surface area (Å²) in [6, 6.07) is 0. The zero-order chi connectivity index (χ0) is 12.3. The van der Waals surface area contributed by atoms with E-state index in [2.05, 4.69) is 9.82 Å². The van der Waals surface area contributed by atoms with Crippen molar-refractivity contribution in [3.63, 3.8) is 0 Å². The maximum Gasteiger partial charge on any atom is 0.244 e. The summed E-state index contributed by atoms with van der Waals surface area (Å²) in [6.45, 7) is 5.62. The highest BCUT2D eigenvalue weighted by Gasteiger charge is 2.23. The van der Waals surface area contributed by atoms with Gasteiger partial charge in [0.15, 0.2) is 0 Å². The molecule has 0 bridgehead atoms. The Hall–Kier alpha value is -0.920. The average Bonchev–Trinajstić information content (AvgIpc) is 2.42. The third-order valence-electron chi connectivity index (χ3n) is 2.23. The molecule has 0 aliphatic heterocycles. The molecule has 92 valence electrons. The summed E-state index contributed by atoms with van der Waals surface area (Å²) in [6.07, 6.45) is 0. The van der Waals surface area contributed by atoms with Crippen molar-refractivity contribution < 1.29 is 13.5 Å². The van der Waals surface area contributed by atoms with Gasteiger partial charge in [0.25, 0.3) is 0 Å². The van der Waals surface area contributed by atoms with Crippen LogP contribution in [-0.2, 0) is 16.6 Å². The van der Waals surface area contributed by atoms with E-state index in [-0.39, 0.29) is 11.5 Å². The first-order valence-corrected chi connectivity index (χ1v) is 6.57. The molecule has 0 atom stereocenters. The summed E-state index contributed by atoms with van der Waals surface area (Å²) in [5.41, 5.74) is 0.999. The topological polar surface area (TPSA) is 84.2 Å². The van der Waals surface area contributed by atoms with E-state index in [9.17, 15) is 8.42 Å². The first kappa shape index (κ1) is 13.1. The van der Waals surface area contributed by atoms with E-state index in [0.29, 0.717) is 24.5 Å². The first-order chi connectivity index (χ1) is 7.44. The van der Waals surface area contributed by atoms with Crippen LogP contribution in [0.4, 0.5) is 0 Å². The number of aliphatic hydroxyl groups is 1. The molecule has 0 unspecified atom stereocenters. The van der Waals surface area contributed by atoms with Crippen LogP contribution in [0.5, 0.6) is 0 Å². The quantitative estimate of drug-likeness (QED) is 0.754. The van der Waals surface area contributed by atoms with Gasteiger partial charge in [-0.3, -0.25) is 4.68 Å². The molecule has 16 heavy (non-hydrogen) atoms. The molecule has 0 fully saturated rings. The Morgan fingerprint density at radius 3 is 2.56 bits per heavy atom. The van der Waals surface area contributed by atoms with Crippen LogP contribution in [-0.4, -0.2) is 36.5 Å². The number of aromatic nitrogens is 2. The summed E-state index contributed by atoms with van der Waals surface area (Å²) in [5.74, 6) is 0. The second kappa shape index (κ2) is 4.94. The number of aliphatic hydroxyl groups excluding tert-OH is 1. The highest BCUT2D eigenvalue weighted by molar-refractivity contribution is 7.89. The SMILES string of the molecule is CCNS(=O)(=O)c1c(C)nn(CCO)c1C. The summed E-state index contributed by atoms with van der Waals surface area (Å²) in [7, 11) is -3.48. The van der Waals surface area contributed by atoms with E-state index in [1.165, 1.54) is 4.68 Å². The maximum atomic E-state index is 11.9. The van der Waals surface area contributed by atoms with Crippen molar-refractivity contribution in [2.75, 3.05) is 13.2 Å². The standard InChI is InChI=1S/C9H17N3O3S/c1-4-10-16(14,15)9-7(2)11-12(5-6-13)8(9)3/h10,13H,4-6H2,1-3H3. The molecule has 0 radical (unpaired) electrons. The third kappa shape index (κ3) is 2.42. The second-order valence-electron chi connectivity index (χ2n) is 3.45. The van der Waals surface area contributed by atoms with Crippen LogP contribution in [0.25, 0.3) is 0 Å². The Balaban J connectivity index is 3.24. The number of sulfonamides is 1. The normalized spacial score (nSPS) is 12.0. The fourth-order valence-electron chi connectivity index (χ4n) is 1.64. The van der Waals surface area contributed by atoms with Crippen LogP contribution < -0.4 is 4.72 Å². The van der Waals surface area contributed by atoms with Gasteiger partial charge in [-0.15, -0.1) is 0 Å². The molecule has 6 nitrogen and oxygen atoms in total. The van der Waals surface area contributed by atoms with E-state index < -0.39 is 10.0 Å². The molecule has 1 rings (SSSR count). The minimum absolute atomic E-state index is 0.0668. The molecule has 0 spiro atoms. The Morgan fingerprint density at radius 2 is 2.06 bits per heavy atom. The second-order valence-corrected chi connectivity index (χ2v) is 5.15. The monoisotopic (exact) mass is 247 g/mol. The molecular weight excluding hydrogens is 230 g/mol. The zero-order valence-corrected chi connectivity index (χ0v) is 10.5. The molecule has 7 heteroatoms. The van der Waals surface area contributed by atoms with E-state index in [1.807, 2.05) is 0 Å². The highest BCUT2D eigenvalue weighted by Crippen LogP contribution is 2.18. The van der Waals surface area contributed by atoms with Crippen LogP contribution in [0.15, 0.2) is 4.90 Å². The van der Waals surface area contributed by atoms with Crippen LogP contribution in [0.3, 0.4) is 0 Å². The van der Waals surface area contributed by atoms with E-state index in [0.717, 1.165) is 0 Å². The maximum absolute atomic E-state index is 11.9. The molecule has 2 N–H and O–H groups in total. The van der Waals surface area contributed by atoms with Crippen molar-refractivity contribution in [2.45, 2.75) is 32.2 Å². The number of rotatable bonds is 5. The lowest BCUT2D eigenvalue weighted by Crippen LogP contribution is -2.24. The van der Waals surface area contributed by atoms with Gasteiger partial charge in [-0.1, -0.05) is 6.92 Å². The van der Waals surface area contributed by atoms with Crippen molar-refractivity contribution in [3.05, 3.63) is 11.4 Å². The zero-order valence-electron chi connectivity index (χ0n) is 9.69. The minimum atomic E-state index is -3.48. The molecule has 1 aromatic heterocycles. The van der Waals surface area contributed by atoms with Crippen LogP contribution in [0.2, 0.25) is 0 Å². The van der Waals surface area contributed by atoms with Crippen LogP contribution in [0.1, 0.15) is 18.3 Å². The summed E-state index contributed by atoms with van der Waals surface area (Å²) >= 11 is 0. The fourth-order valence-corrected chi connectivity index (χ4v) is 3.09. The summed E-state index contributed by atoms with van der Waals surface area (Å²) in [4.78, 5) is 0.211. The lowest BCUT2D eigenvalue weighted by atomic mass is 10.4. The van der Waals surface area contributed by atoms with E-state index in [1.54, 1.807) is 20.8 Å². The Morgan fingerprint density at radius 1 is 1.44 bits per heavy atom. The van der Waals surface area contributed by atoms with E-state index >= 15 is 0 Å². The van der Waals surface area contributed by atoms with Gasteiger partial charge in [-0.05, 0) is 13.8 Å². The lowest BCUT2D eigenvalue weighted by Gasteiger charge is -2.05. The largest absolute Gasteiger partial charge is 0.394 e. The lowest BCUT2D eigenvalue weighted by molar-refractivity contribution is 0.267. The van der Waals surface area contributed by atoms with Crippen LogP contribution in [0, 0.1) is 13.8 Å². The van der Waals surface area contributed by atoms with Gasteiger partial charge in [0.05, 0.1) is 24.5 Å². The van der Waals surface area contributed by atoms with E-state index in [4.69, 9.17) is 5.11 Å². The van der Waals surface area contributed by atoms with Crippen molar-refractivity contribution >= 4 is 10.0 Å². The molecule has 0 aromatic carbocycles. The molecule has 0 amide bonds. The number of nitrogens with zero attached hydrogens (tertiary/aromatic N) is 2. The fraction of sp³-hybridized carbons (Fsp3) is 0.667. The number of aryl methyl sites for hydroxylation is 1. The van der Waals surface area contributed by atoms with Gasteiger partial charge in [0, 0.05) is 6.54 Å². The molecule has 0 saturated heterocycles. The van der Waals surface area contributed by atoms with Gasteiger partial charge < -0.3 is 5.11 Å². The molecule has 1 aromatic rings. The molecular formula is C9H17N3O3S. The minimum Gasteiger partial charge on any atom is -0.394 e. The smallest absolute Gasteiger partial charge is 0.244 e. The first-order valence-electron chi connectivity index (χ1n) is 5.08. The highest BCUT2D eigenvalue weighted by atomic mass is 32.2. The Bertz CT molecular complexity index is 465. The molecule has 0 aliphatic carbocycles. The van der Waals surface area contributed by atoms with Crippen molar-refractivity contribution in [1.82, 2.24) is 14.5 Å². The van der Waals surface area contributed by atoms with Gasteiger partial charge >= 0.3 is 0 Å². The van der Waals surface area contributed by atoms with Gasteiger partial charge in [0.1, 0.15) is 4.90 Å².